The van der Waals surface area contributed by atoms with Gasteiger partial charge in [0.15, 0.2) is 0 Å². The van der Waals surface area contributed by atoms with Crippen LogP contribution >= 0.6 is 0 Å². The van der Waals surface area contributed by atoms with Crippen LogP contribution in [0.3, 0.4) is 0 Å². The molecular weight excluding hydrogens is 148 g/mol. The molecule has 0 spiro atoms. The Kier molecular flexibility index (Phi) is 3.53. The molecule has 2 unspecified atom stereocenters. The quantitative estimate of drug-likeness (QED) is 0.672. The molecule has 0 aromatic carbocycles. The summed E-state index contributed by atoms with van der Waals surface area (Å²) in [7, 11) is 0. The van der Waals surface area contributed by atoms with E-state index < -0.39 is 0 Å². The van der Waals surface area contributed by atoms with Crippen molar-refractivity contribution in [3.63, 3.8) is 0 Å². The molecule has 1 aliphatic rings. The van der Waals surface area contributed by atoms with Gasteiger partial charge in [-0.25, -0.2) is 0 Å². The van der Waals surface area contributed by atoms with E-state index in [1.807, 2.05) is 0 Å². The second kappa shape index (κ2) is 4.24. The average molecular weight is 170 g/mol. The van der Waals surface area contributed by atoms with Crippen molar-refractivity contribution in [1.82, 2.24) is 10.2 Å². The SMILES string of the molecule is CCN1CC(C)NCC1C(C)C. The molecule has 0 radical (unpaired) electrons. The van der Waals surface area contributed by atoms with Crippen LogP contribution in [0.1, 0.15) is 27.7 Å². The average Bonchev–Trinajstić information content (AvgIpc) is 2.03. The van der Waals surface area contributed by atoms with Gasteiger partial charge in [-0.05, 0) is 19.4 Å². The smallest absolute Gasteiger partial charge is 0.0244 e. The fourth-order valence-corrected chi connectivity index (χ4v) is 2.02. The van der Waals surface area contributed by atoms with Gasteiger partial charge in [-0.2, -0.15) is 0 Å². The minimum atomic E-state index is 0.667. The molecule has 0 bridgehead atoms. The number of hydrogen-bond acceptors (Lipinski definition) is 2. The lowest BCUT2D eigenvalue weighted by atomic mass is 9.99. The van der Waals surface area contributed by atoms with Crippen LogP contribution in [0.15, 0.2) is 0 Å². The number of nitrogens with one attached hydrogen (secondary N) is 1. The summed E-state index contributed by atoms with van der Waals surface area (Å²) in [6, 6.07) is 1.41. The number of hydrogen-bond donors (Lipinski definition) is 1. The number of nitrogens with zero attached hydrogens (tertiary/aromatic N) is 1. The Morgan fingerprint density at radius 3 is 2.67 bits per heavy atom. The van der Waals surface area contributed by atoms with Gasteiger partial charge in [0.25, 0.3) is 0 Å². The predicted octanol–water partition coefficient (Wildman–Crippen LogP) is 1.32. The van der Waals surface area contributed by atoms with Crippen LogP contribution in [0.5, 0.6) is 0 Å². The Balaban J connectivity index is 2.50. The highest BCUT2D eigenvalue weighted by molar-refractivity contribution is 4.84. The van der Waals surface area contributed by atoms with Crippen molar-refractivity contribution in [2.24, 2.45) is 5.92 Å². The zero-order chi connectivity index (χ0) is 9.14. The van der Waals surface area contributed by atoms with Crippen LogP contribution in [-0.2, 0) is 0 Å². The lowest BCUT2D eigenvalue weighted by molar-refractivity contribution is 0.109. The monoisotopic (exact) mass is 170 g/mol. The maximum atomic E-state index is 3.54. The number of likely N-dealkylation sites (N-methyl/N-ethyl adjacent to an activating group) is 1. The largest absolute Gasteiger partial charge is 0.311 e. The minimum absolute atomic E-state index is 0.667. The van der Waals surface area contributed by atoms with E-state index in [9.17, 15) is 0 Å². The first-order valence-corrected chi connectivity index (χ1v) is 5.12. The Hall–Kier alpha value is -0.0800. The lowest BCUT2D eigenvalue weighted by Crippen LogP contribution is -2.57. The van der Waals surface area contributed by atoms with Gasteiger partial charge in [-0.15, -0.1) is 0 Å². The maximum absolute atomic E-state index is 3.54. The minimum Gasteiger partial charge on any atom is -0.311 e. The Bertz CT molecular complexity index is 134. The molecule has 72 valence electrons. The van der Waals surface area contributed by atoms with Gasteiger partial charge in [0.2, 0.25) is 0 Å². The third-order valence-corrected chi connectivity index (χ3v) is 2.83. The van der Waals surface area contributed by atoms with Gasteiger partial charge in [-0.1, -0.05) is 20.8 Å². The molecule has 1 N–H and O–H groups in total. The van der Waals surface area contributed by atoms with Crippen molar-refractivity contribution in [1.29, 1.82) is 0 Å². The summed E-state index contributed by atoms with van der Waals surface area (Å²) in [5.41, 5.74) is 0. The van der Waals surface area contributed by atoms with Crippen molar-refractivity contribution >= 4 is 0 Å². The van der Waals surface area contributed by atoms with Gasteiger partial charge in [0.05, 0.1) is 0 Å². The summed E-state index contributed by atoms with van der Waals surface area (Å²) >= 11 is 0. The van der Waals surface area contributed by atoms with E-state index in [2.05, 4.69) is 37.9 Å². The predicted molar refractivity (Wildman–Crippen MR) is 53.3 cm³/mol. The second-order valence-corrected chi connectivity index (χ2v) is 4.21. The zero-order valence-electron chi connectivity index (χ0n) is 8.80. The molecule has 12 heavy (non-hydrogen) atoms. The molecule has 1 rings (SSSR count). The molecular formula is C10H22N2. The van der Waals surface area contributed by atoms with E-state index in [0.29, 0.717) is 6.04 Å². The molecule has 2 heteroatoms. The molecule has 0 saturated carbocycles. The summed E-state index contributed by atoms with van der Waals surface area (Å²) in [6.45, 7) is 12.7. The molecule has 1 aliphatic heterocycles. The van der Waals surface area contributed by atoms with Gasteiger partial charge < -0.3 is 5.32 Å². The maximum Gasteiger partial charge on any atom is 0.0244 e. The van der Waals surface area contributed by atoms with Crippen molar-refractivity contribution in [3.05, 3.63) is 0 Å². The van der Waals surface area contributed by atoms with E-state index in [-0.39, 0.29) is 0 Å². The van der Waals surface area contributed by atoms with Crippen molar-refractivity contribution in [3.8, 4) is 0 Å². The zero-order valence-corrected chi connectivity index (χ0v) is 8.80. The number of piperazine rings is 1. The highest BCUT2D eigenvalue weighted by Crippen LogP contribution is 2.14. The summed E-state index contributed by atoms with van der Waals surface area (Å²) in [6.07, 6.45) is 0. The van der Waals surface area contributed by atoms with Crippen molar-refractivity contribution in [2.75, 3.05) is 19.6 Å². The third-order valence-electron chi connectivity index (χ3n) is 2.83. The van der Waals surface area contributed by atoms with Crippen molar-refractivity contribution < 1.29 is 0 Å². The van der Waals surface area contributed by atoms with Crippen LogP contribution in [0.25, 0.3) is 0 Å². The first-order chi connectivity index (χ1) is 5.65. The highest BCUT2D eigenvalue weighted by atomic mass is 15.2. The molecule has 1 fully saturated rings. The molecule has 0 aromatic rings. The Morgan fingerprint density at radius 1 is 1.50 bits per heavy atom. The Morgan fingerprint density at radius 2 is 2.17 bits per heavy atom. The molecule has 1 heterocycles. The molecule has 0 amide bonds. The van der Waals surface area contributed by atoms with Crippen LogP contribution in [0, 0.1) is 5.92 Å². The number of rotatable bonds is 2. The summed E-state index contributed by atoms with van der Waals surface area (Å²) < 4.78 is 0. The molecule has 2 atom stereocenters. The van der Waals surface area contributed by atoms with Gasteiger partial charge in [0, 0.05) is 25.2 Å². The van der Waals surface area contributed by atoms with E-state index in [0.717, 1.165) is 18.5 Å². The Labute approximate surface area is 76.3 Å². The fraction of sp³-hybridized carbons (Fsp3) is 1.00. The summed E-state index contributed by atoms with van der Waals surface area (Å²) in [4.78, 5) is 2.59. The fourth-order valence-electron chi connectivity index (χ4n) is 2.02. The third kappa shape index (κ3) is 2.20. The highest BCUT2D eigenvalue weighted by Gasteiger charge is 2.26. The molecule has 0 aliphatic carbocycles. The van der Waals surface area contributed by atoms with Crippen LogP contribution in [-0.4, -0.2) is 36.6 Å². The van der Waals surface area contributed by atoms with E-state index in [1.54, 1.807) is 0 Å². The standard InChI is InChI=1S/C10H22N2/c1-5-12-7-9(4)11-6-10(12)8(2)3/h8-11H,5-7H2,1-4H3. The second-order valence-electron chi connectivity index (χ2n) is 4.21. The topological polar surface area (TPSA) is 15.3 Å². The van der Waals surface area contributed by atoms with Gasteiger partial charge >= 0.3 is 0 Å². The molecule has 2 nitrogen and oxygen atoms in total. The van der Waals surface area contributed by atoms with Crippen LogP contribution in [0.4, 0.5) is 0 Å². The van der Waals surface area contributed by atoms with Gasteiger partial charge in [-0.3, -0.25) is 4.90 Å². The van der Waals surface area contributed by atoms with E-state index in [1.165, 1.54) is 13.1 Å². The lowest BCUT2D eigenvalue weighted by Gasteiger charge is -2.40. The van der Waals surface area contributed by atoms with Crippen LogP contribution < -0.4 is 5.32 Å². The van der Waals surface area contributed by atoms with E-state index >= 15 is 0 Å². The first-order valence-electron chi connectivity index (χ1n) is 5.12. The van der Waals surface area contributed by atoms with Crippen molar-refractivity contribution in [2.45, 2.75) is 39.8 Å². The molecule has 0 aromatic heterocycles. The first kappa shape index (κ1) is 10.0. The summed E-state index contributed by atoms with van der Waals surface area (Å²) in [5, 5.41) is 3.54. The summed E-state index contributed by atoms with van der Waals surface area (Å²) in [5.74, 6) is 0.768. The van der Waals surface area contributed by atoms with E-state index in [4.69, 9.17) is 0 Å². The van der Waals surface area contributed by atoms with Gasteiger partial charge in [0.1, 0.15) is 0 Å². The van der Waals surface area contributed by atoms with Crippen LogP contribution in [0.2, 0.25) is 0 Å². The normalized spacial score (nSPS) is 32.8. The molecule has 1 saturated heterocycles.